The predicted octanol–water partition coefficient (Wildman–Crippen LogP) is -0.352. The Morgan fingerprint density at radius 2 is 2.33 bits per heavy atom. The number of nitrogens with zero attached hydrogens (tertiary/aromatic N) is 2. The van der Waals surface area contributed by atoms with Crippen LogP contribution in [0.1, 0.15) is 5.69 Å². The maximum Gasteiger partial charge on any atom is 0.242 e. The largest absolute Gasteiger partial charge is 0.363 e. The van der Waals surface area contributed by atoms with Crippen molar-refractivity contribution in [2.45, 2.75) is 18.0 Å². The van der Waals surface area contributed by atoms with Crippen LogP contribution in [0.3, 0.4) is 0 Å². The Balaban J connectivity index is 1.95. The molecule has 2 rings (SSSR count). The van der Waals surface area contributed by atoms with E-state index < -0.39 is 10.0 Å². The van der Waals surface area contributed by atoms with Gasteiger partial charge in [0.2, 0.25) is 10.0 Å². The van der Waals surface area contributed by atoms with Crippen LogP contribution in [0.2, 0.25) is 0 Å². The number of nitrogens with two attached hydrogens (primary N) is 1. The third-order valence-corrected chi connectivity index (χ3v) is 3.88. The van der Waals surface area contributed by atoms with Gasteiger partial charge in [-0.2, -0.15) is 5.10 Å². The van der Waals surface area contributed by atoms with Crippen LogP contribution < -0.4 is 10.5 Å². The quantitative estimate of drug-likeness (QED) is 0.666. The number of rotatable bonds is 6. The molecular formula is C10H15N5O2S. The van der Waals surface area contributed by atoms with Crippen LogP contribution in [-0.4, -0.2) is 29.7 Å². The summed E-state index contributed by atoms with van der Waals surface area (Å²) >= 11 is 0. The third-order valence-electron chi connectivity index (χ3n) is 2.44. The molecule has 0 spiro atoms. The zero-order chi connectivity index (χ0) is 13.0. The predicted molar refractivity (Wildman–Crippen MR) is 66.1 cm³/mol. The van der Waals surface area contributed by atoms with Gasteiger partial charge in [0.05, 0.1) is 11.4 Å². The highest BCUT2D eigenvalue weighted by molar-refractivity contribution is 7.89. The second kappa shape index (κ2) is 5.34. The molecule has 7 nitrogen and oxygen atoms in total. The van der Waals surface area contributed by atoms with Crippen LogP contribution >= 0.6 is 0 Å². The molecule has 0 unspecified atom stereocenters. The SMILES string of the molecule is NCc1cc(S(=O)(=O)NCCn2cccn2)c[nH]1. The van der Waals surface area contributed by atoms with Crippen molar-refractivity contribution in [1.82, 2.24) is 19.5 Å². The molecule has 2 aromatic rings. The lowest BCUT2D eigenvalue weighted by molar-refractivity contribution is 0.561. The van der Waals surface area contributed by atoms with E-state index in [9.17, 15) is 8.42 Å². The van der Waals surface area contributed by atoms with Gasteiger partial charge >= 0.3 is 0 Å². The highest BCUT2D eigenvalue weighted by Gasteiger charge is 2.14. The zero-order valence-electron chi connectivity index (χ0n) is 9.70. The Labute approximate surface area is 105 Å². The number of nitrogens with one attached hydrogen (secondary N) is 2. The molecule has 4 N–H and O–H groups in total. The van der Waals surface area contributed by atoms with E-state index in [1.54, 1.807) is 23.1 Å². The van der Waals surface area contributed by atoms with E-state index in [4.69, 9.17) is 5.73 Å². The first-order valence-electron chi connectivity index (χ1n) is 5.46. The minimum atomic E-state index is -3.48. The lowest BCUT2D eigenvalue weighted by Crippen LogP contribution is -2.27. The fourth-order valence-corrected chi connectivity index (χ4v) is 2.54. The minimum Gasteiger partial charge on any atom is -0.363 e. The van der Waals surface area contributed by atoms with Gasteiger partial charge in [-0.25, -0.2) is 13.1 Å². The molecule has 0 fully saturated rings. The van der Waals surface area contributed by atoms with Crippen LogP contribution in [0.4, 0.5) is 0 Å². The van der Waals surface area contributed by atoms with Crippen molar-refractivity contribution in [3.63, 3.8) is 0 Å². The van der Waals surface area contributed by atoms with Gasteiger partial charge in [-0.3, -0.25) is 4.68 Å². The van der Waals surface area contributed by atoms with E-state index in [2.05, 4.69) is 14.8 Å². The standard InChI is InChI=1S/C10H15N5O2S/c11-7-9-6-10(8-12-9)18(16,17)14-3-5-15-4-1-2-13-15/h1-2,4,6,8,12,14H,3,5,7,11H2. The minimum absolute atomic E-state index is 0.198. The van der Waals surface area contributed by atoms with Crippen molar-refractivity contribution in [1.29, 1.82) is 0 Å². The van der Waals surface area contributed by atoms with Crippen molar-refractivity contribution in [3.8, 4) is 0 Å². The summed E-state index contributed by atoms with van der Waals surface area (Å²) in [4.78, 5) is 3.00. The number of hydrogen-bond acceptors (Lipinski definition) is 4. The summed E-state index contributed by atoms with van der Waals surface area (Å²) in [6.07, 6.45) is 4.85. The molecule has 0 radical (unpaired) electrons. The number of sulfonamides is 1. The molecule has 0 amide bonds. The lowest BCUT2D eigenvalue weighted by atomic mass is 10.4. The van der Waals surface area contributed by atoms with Crippen molar-refractivity contribution in [2.75, 3.05) is 6.54 Å². The molecule has 18 heavy (non-hydrogen) atoms. The zero-order valence-corrected chi connectivity index (χ0v) is 10.5. The molecule has 0 aromatic carbocycles. The Morgan fingerprint density at radius 3 is 2.94 bits per heavy atom. The summed E-state index contributed by atoms with van der Waals surface area (Å²) in [7, 11) is -3.48. The Hall–Kier alpha value is -1.64. The van der Waals surface area contributed by atoms with E-state index in [0.717, 1.165) is 0 Å². The number of hydrogen-bond donors (Lipinski definition) is 3. The Morgan fingerprint density at radius 1 is 1.50 bits per heavy atom. The van der Waals surface area contributed by atoms with Gasteiger partial charge in [0.1, 0.15) is 0 Å². The molecule has 0 aliphatic rings. The molecule has 2 aromatic heterocycles. The van der Waals surface area contributed by atoms with Crippen molar-refractivity contribution in [2.24, 2.45) is 5.73 Å². The molecule has 2 heterocycles. The van der Waals surface area contributed by atoms with Crippen LogP contribution in [0.25, 0.3) is 0 Å². The van der Waals surface area contributed by atoms with E-state index in [0.29, 0.717) is 12.2 Å². The van der Waals surface area contributed by atoms with Gasteiger partial charge in [0.15, 0.2) is 0 Å². The summed E-state index contributed by atoms with van der Waals surface area (Å²) in [5, 5.41) is 3.99. The van der Waals surface area contributed by atoms with E-state index in [1.165, 1.54) is 12.3 Å². The summed E-state index contributed by atoms with van der Waals surface area (Å²) < 4.78 is 27.9. The van der Waals surface area contributed by atoms with E-state index in [-0.39, 0.29) is 18.0 Å². The summed E-state index contributed by atoms with van der Waals surface area (Å²) in [5.41, 5.74) is 6.10. The smallest absolute Gasteiger partial charge is 0.242 e. The van der Waals surface area contributed by atoms with E-state index >= 15 is 0 Å². The van der Waals surface area contributed by atoms with Gasteiger partial charge in [-0.1, -0.05) is 0 Å². The maximum atomic E-state index is 11.9. The highest BCUT2D eigenvalue weighted by Crippen LogP contribution is 2.09. The van der Waals surface area contributed by atoms with Crippen molar-refractivity contribution >= 4 is 10.0 Å². The fourth-order valence-electron chi connectivity index (χ4n) is 1.50. The Bertz CT molecular complexity index is 588. The van der Waals surface area contributed by atoms with Gasteiger partial charge in [-0.05, 0) is 12.1 Å². The van der Waals surface area contributed by atoms with Crippen LogP contribution in [0.5, 0.6) is 0 Å². The van der Waals surface area contributed by atoms with Crippen molar-refractivity contribution in [3.05, 3.63) is 36.4 Å². The fraction of sp³-hybridized carbons (Fsp3) is 0.300. The summed E-state index contributed by atoms with van der Waals surface area (Å²) in [6.45, 7) is 1.05. The molecule has 0 atom stereocenters. The summed E-state index contributed by atoms with van der Waals surface area (Å²) in [5.74, 6) is 0. The van der Waals surface area contributed by atoms with Gasteiger partial charge in [0.25, 0.3) is 0 Å². The molecule has 98 valence electrons. The van der Waals surface area contributed by atoms with Crippen LogP contribution in [0, 0.1) is 0 Å². The van der Waals surface area contributed by atoms with Crippen LogP contribution in [-0.2, 0) is 23.1 Å². The number of H-pyrrole nitrogens is 1. The molecular weight excluding hydrogens is 254 g/mol. The van der Waals surface area contributed by atoms with Crippen LogP contribution in [0.15, 0.2) is 35.6 Å². The first-order chi connectivity index (χ1) is 8.62. The first kappa shape index (κ1) is 12.8. The second-order valence-electron chi connectivity index (χ2n) is 3.73. The molecule has 0 bridgehead atoms. The molecule has 0 aliphatic heterocycles. The average Bonchev–Trinajstić information content (AvgIpc) is 2.99. The first-order valence-corrected chi connectivity index (χ1v) is 6.94. The molecule has 0 saturated heterocycles. The molecule has 0 saturated carbocycles. The maximum absolute atomic E-state index is 11.9. The average molecular weight is 269 g/mol. The number of aromatic nitrogens is 3. The highest BCUT2D eigenvalue weighted by atomic mass is 32.2. The van der Waals surface area contributed by atoms with Gasteiger partial charge < -0.3 is 10.7 Å². The summed E-state index contributed by atoms with van der Waals surface area (Å²) in [6, 6.07) is 3.31. The van der Waals surface area contributed by atoms with Crippen molar-refractivity contribution < 1.29 is 8.42 Å². The van der Waals surface area contributed by atoms with Gasteiger partial charge in [0, 0.05) is 37.4 Å². The Kier molecular flexibility index (Phi) is 3.80. The normalized spacial score (nSPS) is 11.8. The monoisotopic (exact) mass is 269 g/mol. The molecule has 8 heteroatoms. The lowest BCUT2D eigenvalue weighted by Gasteiger charge is -2.04. The van der Waals surface area contributed by atoms with E-state index in [1.807, 2.05) is 0 Å². The second-order valence-corrected chi connectivity index (χ2v) is 5.50. The topological polar surface area (TPSA) is 106 Å². The number of aromatic amines is 1. The molecule has 0 aliphatic carbocycles. The third kappa shape index (κ3) is 2.97. The van der Waals surface area contributed by atoms with Gasteiger partial charge in [-0.15, -0.1) is 0 Å².